The topological polar surface area (TPSA) is 53.7 Å². The van der Waals surface area contributed by atoms with Gasteiger partial charge in [0.25, 0.3) is 5.91 Å². The molecule has 21 heavy (non-hydrogen) atoms. The molecule has 1 fully saturated rings. The van der Waals surface area contributed by atoms with Gasteiger partial charge in [-0.05, 0) is 31.2 Å². The number of nitrogens with zero attached hydrogens (tertiary/aromatic N) is 1. The summed E-state index contributed by atoms with van der Waals surface area (Å²) in [5, 5.41) is 9.53. The van der Waals surface area contributed by atoms with E-state index >= 15 is 0 Å². The van der Waals surface area contributed by atoms with Crippen molar-refractivity contribution in [3.8, 4) is 5.75 Å². The SMILES string of the molecule is Cc1ccc(/C=C2\SC(=S)N(c3cccc(O)c3)C2=O)o1. The van der Waals surface area contributed by atoms with Crippen LogP contribution in [-0.4, -0.2) is 15.3 Å². The molecule has 0 aliphatic carbocycles. The molecule has 0 bridgehead atoms. The number of benzene rings is 1. The number of rotatable bonds is 2. The molecular weight excluding hydrogens is 306 g/mol. The molecule has 106 valence electrons. The average molecular weight is 317 g/mol. The molecular formula is C15H11NO3S2. The minimum absolute atomic E-state index is 0.0900. The molecule has 1 amide bonds. The first-order valence-electron chi connectivity index (χ1n) is 6.18. The first kappa shape index (κ1) is 13.9. The maximum atomic E-state index is 12.5. The van der Waals surface area contributed by atoms with Crippen molar-refractivity contribution in [1.29, 1.82) is 0 Å². The Balaban J connectivity index is 1.94. The zero-order valence-electron chi connectivity index (χ0n) is 11.1. The molecule has 0 unspecified atom stereocenters. The van der Waals surface area contributed by atoms with Gasteiger partial charge in [0.15, 0.2) is 4.32 Å². The van der Waals surface area contributed by atoms with E-state index in [0.29, 0.717) is 20.7 Å². The van der Waals surface area contributed by atoms with Gasteiger partial charge in [-0.15, -0.1) is 0 Å². The van der Waals surface area contributed by atoms with Gasteiger partial charge in [-0.2, -0.15) is 0 Å². The minimum atomic E-state index is -0.218. The second-order valence-electron chi connectivity index (χ2n) is 4.49. The standard InChI is InChI=1S/C15H11NO3S2/c1-9-5-6-12(19-9)8-13-14(18)16(15(20)21-13)10-3-2-4-11(17)7-10/h2-8,17H,1H3/b13-8-. The van der Waals surface area contributed by atoms with Crippen LogP contribution in [0.5, 0.6) is 5.75 Å². The van der Waals surface area contributed by atoms with E-state index in [-0.39, 0.29) is 11.7 Å². The third kappa shape index (κ3) is 2.72. The summed E-state index contributed by atoms with van der Waals surface area (Å²) < 4.78 is 5.88. The molecule has 0 spiro atoms. The normalized spacial score (nSPS) is 17.0. The fourth-order valence-corrected chi connectivity index (χ4v) is 3.26. The molecule has 1 aliphatic heterocycles. The number of amides is 1. The highest BCUT2D eigenvalue weighted by Crippen LogP contribution is 2.36. The van der Waals surface area contributed by atoms with Crippen molar-refractivity contribution in [2.24, 2.45) is 0 Å². The Hall–Kier alpha value is -2.05. The van der Waals surface area contributed by atoms with Crippen molar-refractivity contribution in [2.75, 3.05) is 4.90 Å². The van der Waals surface area contributed by atoms with Gasteiger partial charge in [0, 0.05) is 12.1 Å². The fraction of sp³-hybridized carbons (Fsp3) is 0.0667. The van der Waals surface area contributed by atoms with Crippen LogP contribution < -0.4 is 4.90 Å². The Morgan fingerprint density at radius 1 is 1.33 bits per heavy atom. The molecule has 1 N–H and O–H groups in total. The van der Waals surface area contributed by atoms with Crippen LogP contribution in [0.3, 0.4) is 0 Å². The van der Waals surface area contributed by atoms with Gasteiger partial charge in [-0.3, -0.25) is 9.69 Å². The molecule has 1 aromatic carbocycles. The molecule has 2 aromatic rings. The van der Waals surface area contributed by atoms with E-state index in [4.69, 9.17) is 16.6 Å². The molecule has 0 atom stereocenters. The Morgan fingerprint density at radius 3 is 2.81 bits per heavy atom. The lowest BCUT2D eigenvalue weighted by Gasteiger charge is -2.14. The van der Waals surface area contributed by atoms with Crippen LogP contribution in [0.15, 0.2) is 45.7 Å². The van der Waals surface area contributed by atoms with E-state index in [1.54, 1.807) is 30.3 Å². The lowest BCUT2D eigenvalue weighted by Crippen LogP contribution is -2.27. The molecule has 0 saturated carbocycles. The second kappa shape index (κ2) is 5.38. The zero-order valence-corrected chi connectivity index (χ0v) is 12.7. The van der Waals surface area contributed by atoms with Crippen LogP contribution in [0.4, 0.5) is 5.69 Å². The maximum absolute atomic E-state index is 12.5. The van der Waals surface area contributed by atoms with E-state index in [1.165, 1.54) is 22.7 Å². The van der Waals surface area contributed by atoms with Crippen molar-refractivity contribution in [1.82, 2.24) is 0 Å². The molecule has 2 heterocycles. The Labute approximate surface area is 131 Å². The second-order valence-corrected chi connectivity index (χ2v) is 6.16. The third-order valence-electron chi connectivity index (χ3n) is 2.92. The van der Waals surface area contributed by atoms with Crippen LogP contribution in [-0.2, 0) is 4.79 Å². The lowest BCUT2D eigenvalue weighted by atomic mass is 10.2. The van der Waals surface area contributed by atoms with Crippen molar-refractivity contribution in [3.63, 3.8) is 0 Å². The molecule has 6 heteroatoms. The summed E-state index contributed by atoms with van der Waals surface area (Å²) in [7, 11) is 0. The summed E-state index contributed by atoms with van der Waals surface area (Å²) in [5.74, 6) is 1.27. The van der Waals surface area contributed by atoms with Crippen LogP contribution in [0, 0.1) is 6.92 Å². The number of aromatic hydroxyl groups is 1. The summed E-state index contributed by atoms with van der Waals surface area (Å²) in [6.07, 6.45) is 1.68. The van der Waals surface area contributed by atoms with Gasteiger partial charge in [0.1, 0.15) is 17.3 Å². The summed E-state index contributed by atoms with van der Waals surface area (Å²) in [6, 6.07) is 10.1. The largest absolute Gasteiger partial charge is 0.508 e. The highest BCUT2D eigenvalue weighted by molar-refractivity contribution is 8.27. The summed E-state index contributed by atoms with van der Waals surface area (Å²) in [5.41, 5.74) is 0.552. The number of aryl methyl sites for hydroxylation is 1. The summed E-state index contributed by atoms with van der Waals surface area (Å²) in [4.78, 5) is 14.4. The Bertz CT molecular complexity index is 764. The van der Waals surface area contributed by atoms with Gasteiger partial charge < -0.3 is 9.52 Å². The van der Waals surface area contributed by atoms with Crippen molar-refractivity contribution in [2.45, 2.75) is 6.92 Å². The maximum Gasteiger partial charge on any atom is 0.270 e. The van der Waals surface area contributed by atoms with Gasteiger partial charge >= 0.3 is 0 Å². The van der Waals surface area contributed by atoms with Crippen molar-refractivity contribution < 1.29 is 14.3 Å². The van der Waals surface area contributed by atoms with Crippen LogP contribution in [0.1, 0.15) is 11.5 Å². The number of furan rings is 1. The summed E-state index contributed by atoms with van der Waals surface area (Å²) >= 11 is 6.47. The average Bonchev–Trinajstić information content (AvgIpc) is 2.94. The first-order chi connectivity index (χ1) is 10.0. The smallest absolute Gasteiger partial charge is 0.270 e. The quantitative estimate of drug-likeness (QED) is 0.676. The third-order valence-corrected chi connectivity index (χ3v) is 4.22. The number of hydrogen-bond donors (Lipinski definition) is 1. The van der Waals surface area contributed by atoms with E-state index in [0.717, 1.165) is 5.76 Å². The number of phenolic OH excluding ortho intramolecular Hbond substituents is 1. The van der Waals surface area contributed by atoms with Crippen LogP contribution in [0.25, 0.3) is 6.08 Å². The van der Waals surface area contributed by atoms with E-state index < -0.39 is 0 Å². The van der Waals surface area contributed by atoms with Gasteiger partial charge in [0.05, 0.1) is 10.6 Å². The molecule has 1 aliphatic rings. The van der Waals surface area contributed by atoms with Gasteiger partial charge in [-0.25, -0.2) is 0 Å². The predicted octanol–water partition coefficient (Wildman–Crippen LogP) is 3.70. The van der Waals surface area contributed by atoms with Gasteiger partial charge in [0.2, 0.25) is 0 Å². The molecule has 0 radical (unpaired) electrons. The molecule has 4 nitrogen and oxygen atoms in total. The molecule has 3 rings (SSSR count). The number of carbonyl (C=O) groups is 1. The molecule has 1 saturated heterocycles. The van der Waals surface area contributed by atoms with Crippen LogP contribution in [0.2, 0.25) is 0 Å². The van der Waals surface area contributed by atoms with Crippen LogP contribution >= 0.6 is 24.0 Å². The van der Waals surface area contributed by atoms with Gasteiger partial charge in [-0.1, -0.05) is 30.0 Å². The molecule has 1 aromatic heterocycles. The van der Waals surface area contributed by atoms with E-state index in [2.05, 4.69) is 0 Å². The predicted molar refractivity (Wildman–Crippen MR) is 87.2 cm³/mol. The summed E-state index contributed by atoms with van der Waals surface area (Å²) in [6.45, 7) is 1.84. The highest BCUT2D eigenvalue weighted by atomic mass is 32.2. The number of anilines is 1. The number of thiocarbonyl (C=S) groups is 1. The number of thioether (sulfide) groups is 1. The zero-order chi connectivity index (χ0) is 15.0. The Kier molecular flexibility index (Phi) is 3.57. The lowest BCUT2D eigenvalue weighted by molar-refractivity contribution is -0.113. The highest BCUT2D eigenvalue weighted by Gasteiger charge is 2.33. The fourth-order valence-electron chi connectivity index (χ4n) is 1.98. The monoisotopic (exact) mass is 317 g/mol. The van der Waals surface area contributed by atoms with Crippen molar-refractivity contribution >= 4 is 46.0 Å². The number of carbonyl (C=O) groups excluding carboxylic acids is 1. The first-order valence-corrected chi connectivity index (χ1v) is 7.40. The van der Waals surface area contributed by atoms with Crippen molar-refractivity contribution in [3.05, 3.63) is 52.8 Å². The Morgan fingerprint density at radius 2 is 2.14 bits per heavy atom. The number of hydrogen-bond acceptors (Lipinski definition) is 5. The van der Waals surface area contributed by atoms with E-state index in [9.17, 15) is 9.90 Å². The minimum Gasteiger partial charge on any atom is -0.508 e. The number of phenols is 1. The van der Waals surface area contributed by atoms with E-state index in [1.807, 2.05) is 13.0 Å².